The molecule has 5 unspecified atom stereocenters. The topological polar surface area (TPSA) is 237 Å². The summed E-state index contributed by atoms with van der Waals surface area (Å²) < 4.78 is 68.5. The third kappa shape index (κ3) is 76.6. The molecule has 17 nitrogen and oxygen atoms in total. The zero-order valence-corrected chi connectivity index (χ0v) is 67.6. The van der Waals surface area contributed by atoms with Crippen molar-refractivity contribution >= 4 is 39.5 Å². The highest BCUT2D eigenvalue weighted by Crippen LogP contribution is 2.45. The summed E-state index contributed by atoms with van der Waals surface area (Å²) in [5.41, 5.74) is 0. The molecule has 0 aromatic rings. The number of aliphatic hydroxyl groups is 1. The molecule has 19 heteroatoms. The third-order valence-corrected chi connectivity index (χ3v) is 18.1. The van der Waals surface area contributed by atoms with Crippen molar-refractivity contribution in [1.82, 2.24) is 0 Å². The molecule has 0 rings (SSSR count). The van der Waals surface area contributed by atoms with Gasteiger partial charge in [0, 0.05) is 19.3 Å². The van der Waals surface area contributed by atoms with E-state index in [1.807, 2.05) is 12.2 Å². The number of carbonyl (C=O) groups excluding carboxylic acids is 4. The number of carbonyl (C=O) groups is 4. The van der Waals surface area contributed by atoms with Gasteiger partial charge in [-0.1, -0.05) is 281 Å². The molecule has 0 bridgehead atoms. The second kappa shape index (κ2) is 77.6. The summed E-state index contributed by atoms with van der Waals surface area (Å²) in [7, 11) is -10.0. The standard InChI is InChI=1S/C87H142O17P2/c1-5-9-13-17-21-25-29-33-37-39-40-42-46-48-52-56-60-64-68-72-85(90)98-78-83(104-87(92)74-70-66-62-58-54-50-44-36-32-28-24-20-16-12-8-4)80-102-106(95,96)100-76-81(88)75-99-105(93,94)101-79-82(103-86(91)73-69-65-61-57-53-49-43-35-31-27-23-19-15-11-7-3)77-97-84(89)71-67-63-59-55-51-47-45-41-38-34-30-26-22-18-14-10-6-2/h10-11,14-15,21-28,33-38,40,42-45,47,53,57,65,69,81-83,88H,5-9,12-13,16-20,29-32,39,41,46,48-52,54-56,58-64,66-68,70-80H2,1-4H3,(H,93,94)(H,95,96)/b14-10-,15-11-,25-21-,26-22-,27-23-,28-24-,37-33-,38-34-,42-40-,43-35-,44-36-,47-45-,57-53-,69-65-. The third-order valence-electron chi connectivity index (χ3n) is 16.2. The van der Waals surface area contributed by atoms with Gasteiger partial charge in [-0.15, -0.1) is 0 Å². The van der Waals surface area contributed by atoms with Gasteiger partial charge in [-0.05, 0) is 161 Å². The summed E-state index contributed by atoms with van der Waals surface area (Å²) in [5, 5.41) is 10.6. The highest BCUT2D eigenvalue weighted by Gasteiger charge is 2.30. The molecular weight excluding hydrogens is 1380 g/mol. The van der Waals surface area contributed by atoms with Gasteiger partial charge in [0.25, 0.3) is 0 Å². The maximum Gasteiger partial charge on any atom is 0.472 e. The number of phosphoric ester groups is 2. The lowest BCUT2D eigenvalue weighted by molar-refractivity contribution is -0.161. The Morgan fingerprint density at radius 1 is 0.283 bits per heavy atom. The van der Waals surface area contributed by atoms with Gasteiger partial charge >= 0.3 is 39.5 Å². The van der Waals surface area contributed by atoms with Gasteiger partial charge in [0.15, 0.2) is 12.2 Å². The molecule has 106 heavy (non-hydrogen) atoms. The Morgan fingerprint density at radius 3 is 0.840 bits per heavy atom. The largest absolute Gasteiger partial charge is 0.472 e. The Labute approximate surface area is 642 Å². The number of aliphatic hydroxyl groups excluding tert-OH is 1. The number of hydrogen-bond donors (Lipinski definition) is 3. The smallest absolute Gasteiger partial charge is 0.462 e. The van der Waals surface area contributed by atoms with E-state index in [9.17, 15) is 43.2 Å². The molecule has 0 aromatic carbocycles. The van der Waals surface area contributed by atoms with Crippen molar-refractivity contribution in [2.75, 3.05) is 39.6 Å². The van der Waals surface area contributed by atoms with Crippen LogP contribution in [0, 0.1) is 0 Å². The van der Waals surface area contributed by atoms with E-state index in [4.69, 9.17) is 37.0 Å². The van der Waals surface area contributed by atoms with Crippen LogP contribution in [0.3, 0.4) is 0 Å². The average Bonchev–Trinajstić information content (AvgIpc) is 0.902. The first-order valence-electron chi connectivity index (χ1n) is 40.4. The predicted octanol–water partition coefficient (Wildman–Crippen LogP) is 23.8. The number of allylic oxidation sites excluding steroid dienone is 27. The van der Waals surface area contributed by atoms with Crippen LogP contribution in [0.15, 0.2) is 170 Å². The lowest BCUT2D eigenvalue weighted by Gasteiger charge is -2.21. The van der Waals surface area contributed by atoms with Gasteiger partial charge in [-0.25, -0.2) is 9.13 Å². The molecule has 0 saturated carbocycles. The van der Waals surface area contributed by atoms with Crippen LogP contribution in [-0.4, -0.2) is 96.7 Å². The van der Waals surface area contributed by atoms with Crippen molar-refractivity contribution in [3.63, 3.8) is 0 Å². The molecule has 0 saturated heterocycles. The fourth-order valence-corrected chi connectivity index (χ4v) is 11.7. The first-order valence-corrected chi connectivity index (χ1v) is 43.4. The van der Waals surface area contributed by atoms with Crippen LogP contribution in [0.4, 0.5) is 0 Å². The van der Waals surface area contributed by atoms with Crippen molar-refractivity contribution in [2.24, 2.45) is 0 Å². The normalized spacial score (nSPS) is 14.7. The molecule has 602 valence electrons. The molecule has 5 atom stereocenters. The van der Waals surface area contributed by atoms with Crippen LogP contribution in [0.1, 0.15) is 297 Å². The van der Waals surface area contributed by atoms with Crippen molar-refractivity contribution < 1.29 is 80.2 Å². The average molecular weight is 1520 g/mol. The summed E-state index contributed by atoms with van der Waals surface area (Å²) in [4.78, 5) is 73.0. The first kappa shape index (κ1) is 100. The monoisotopic (exact) mass is 1520 g/mol. The zero-order chi connectivity index (χ0) is 77.4. The van der Waals surface area contributed by atoms with Gasteiger partial charge in [0.1, 0.15) is 19.3 Å². The molecule has 0 aromatic heterocycles. The van der Waals surface area contributed by atoms with Crippen LogP contribution in [0.25, 0.3) is 0 Å². The molecule has 0 spiro atoms. The molecule has 0 aliphatic carbocycles. The number of rotatable bonds is 74. The molecular formula is C87H142O17P2. The second-order valence-corrected chi connectivity index (χ2v) is 29.2. The van der Waals surface area contributed by atoms with Gasteiger partial charge < -0.3 is 33.8 Å². The molecule has 0 amide bonds. The highest BCUT2D eigenvalue weighted by molar-refractivity contribution is 7.47. The van der Waals surface area contributed by atoms with Crippen LogP contribution >= 0.6 is 15.6 Å². The minimum Gasteiger partial charge on any atom is -0.462 e. The van der Waals surface area contributed by atoms with E-state index < -0.39 is 97.5 Å². The summed E-state index contributed by atoms with van der Waals surface area (Å²) >= 11 is 0. The van der Waals surface area contributed by atoms with E-state index in [0.29, 0.717) is 25.7 Å². The SMILES string of the molecule is CC/C=C\C/C=C\C/C=C\C/C=C\C/C=C\CC(=O)OC(COC(=O)CCCCCC/C=C\C/C=C\C/C=C\C/C=C\CC)COP(=O)(O)OCC(O)COP(=O)(O)OCC(COC(=O)CCCCCCCC/C=C\C/C=C\C/C=C\CCCCC)OC(=O)CCCCCCC/C=C\C/C=C\CCCCC. The molecule has 0 radical (unpaired) electrons. The molecule has 0 fully saturated rings. The van der Waals surface area contributed by atoms with Gasteiger partial charge in [-0.3, -0.25) is 37.3 Å². The number of phosphoric acid groups is 2. The Bertz CT molecular complexity index is 2680. The molecule has 0 aliphatic heterocycles. The Balaban J connectivity index is 5.48. The maximum atomic E-state index is 13.1. The summed E-state index contributed by atoms with van der Waals surface area (Å²) in [6.45, 7) is 4.41. The van der Waals surface area contributed by atoms with E-state index in [0.717, 1.165) is 180 Å². The van der Waals surface area contributed by atoms with E-state index in [2.05, 4.69) is 174 Å². The number of unbranched alkanes of at least 4 members (excludes halogenated alkanes) is 21. The predicted molar refractivity (Wildman–Crippen MR) is 436 cm³/mol. The molecule has 0 aliphatic rings. The number of esters is 4. The molecule has 0 heterocycles. The van der Waals surface area contributed by atoms with Crippen molar-refractivity contribution in [3.05, 3.63) is 170 Å². The summed E-state index contributed by atoms with van der Waals surface area (Å²) in [6, 6.07) is 0. The van der Waals surface area contributed by atoms with Crippen LogP contribution < -0.4 is 0 Å². The van der Waals surface area contributed by atoms with Crippen molar-refractivity contribution in [1.29, 1.82) is 0 Å². The van der Waals surface area contributed by atoms with E-state index >= 15 is 0 Å². The lowest BCUT2D eigenvalue weighted by atomic mass is 10.1. The van der Waals surface area contributed by atoms with Gasteiger partial charge in [-0.2, -0.15) is 0 Å². The summed E-state index contributed by atoms with van der Waals surface area (Å²) in [5.74, 6) is -2.39. The minimum atomic E-state index is -5.02. The van der Waals surface area contributed by atoms with Gasteiger partial charge in [0.2, 0.25) is 0 Å². The Hall–Kier alpha value is -5.58. The van der Waals surface area contributed by atoms with E-state index in [1.165, 1.54) is 38.5 Å². The van der Waals surface area contributed by atoms with Crippen LogP contribution in [0.2, 0.25) is 0 Å². The highest BCUT2D eigenvalue weighted by atomic mass is 31.2. The van der Waals surface area contributed by atoms with Gasteiger partial charge in [0.05, 0.1) is 32.8 Å². The van der Waals surface area contributed by atoms with Crippen LogP contribution in [-0.2, 0) is 65.4 Å². The van der Waals surface area contributed by atoms with E-state index in [-0.39, 0.29) is 25.7 Å². The van der Waals surface area contributed by atoms with Crippen LogP contribution in [0.5, 0.6) is 0 Å². The van der Waals surface area contributed by atoms with Crippen molar-refractivity contribution in [2.45, 2.75) is 316 Å². The zero-order valence-electron chi connectivity index (χ0n) is 65.8. The Morgan fingerprint density at radius 2 is 0.528 bits per heavy atom. The fraction of sp³-hybridized carbons (Fsp3) is 0.632. The quantitative estimate of drug-likeness (QED) is 0.0169. The lowest BCUT2D eigenvalue weighted by Crippen LogP contribution is -2.30. The fourth-order valence-electron chi connectivity index (χ4n) is 10.1. The minimum absolute atomic E-state index is 0.0677. The first-order chi connectivity index (χ1) is 51.7. The maximum absolute atomic E-state index is 13.1. The Kier molecular flexibility index (Phi) is 73.5. The van der Waals surface area contributed by atoms with E-state index in [1.54, 1.807) is 12.2 Å². The number of hydrogen-bond acceptors (Lipinski definition) is 15. The van der Waals surface area contributed by atoms with Crippen molar-refractivity contribution in [3.8, 4) is 0 Å². The molecule has 3 N–H and O–H groups in total. The second-order valence-electron chi connectivity index (χ2n) is 26.3. The number of ether oxygens (including phenoxy) is 4. The summed E-state index contributed by atoms with van der Waals surface area (Å²) in [6.07, 6.45) is 92.1.